The lowest BCUT2D eigenvalue weighted by Crippen LogP contribution is -2.38. The number of pyridine rings is 3. The molecule has 7 saturated heterocycles. The molecule has 7 atom stereocenters. The molecule has 8 N–H and O–H groups in total. The lowest BCUT2D eigenvalue weighted by atomic mass is 10.2. The highest BCUT2D eigenvalue weighted by atomic mass is 35.5. The number of ether oxygens (including phenoxy) is 4. The van der Waals surface area contributed by atoms with E-state index < -0.39 is 39.1 Å². The van der Waals surface area contributed by atoms with E-state index in [1.165, 1.54) is 32.9 Å². The molecule has 35 nitrogen and oxygen atoms in total. The Balaban J connectivity index is 0.000000185. The van der Waals surface area contributed by atoms with Crippen molar-refractivity contribution in [3.63, 3.8) is 0 Å². The van der Waals surface area contributed by atoms with Gasteiger partial charge in [0.1, 0.15) is 22.6 Å². The molecule has 0 bridgehead atoms. The van der Waals surface area contributed by atoms with Crippen LogP contribution in [-0.2, 0) is 69.3 Å². The molecule has 0 unspecified atom stereocenters. The maximum absolute atomic E-state index is 12.5. The van der Waals surface area contributed by atoms with E-state index in [1.54, 1.807) is 123 Å². The van der Waals surface area contributed by atoms with Gasteiger partial charge < -0.3 is 85.8 Å². The standard InChI is InChI=1S/C21H23N5O2.C21H23N5O.C16H24N2O2.C14H17N5O.C11H16N2.C10H19NO5S.C9H17NO3.2ClH/c1-25-20(27)13-18(15-7-10-22-11-8-15)24-21(25)26-12-9-16(14-26)23-17-5-3-4-6-19(17)28-2;1-25-20(27)13-19(17-7-10-22-11-8-17)24-21(25)26-12-9-18(15-26)23-14-16-5-3-2-4-6-16;1-16(2,3)20-15(19)18-10-9-14(12-18)17-11-13-7-5-4-6-8-13;1-18-13(20)8-12(10-2-5-16-6-3-10)17-14(18)19-7-4-11(15)9-19;1-2-4-10(5-3-1)8-13-11-6-7-12-9-11;1-10(2,3)15-9(12)11-6-5-8(7-11)16-17(4,13)14;1-9(2,3)13-8(12)10-5-4-7(11)6-10;;/h3-8,10-11,13,16,23H,9,12,14H2,1-2H3;2-8,10-11,13,18,23H,9,12,14-15H2,1H3;4-8,14,17H,9-12H2,1-3H3;2-3,5-6,8,11H,4,7,9,15H2,1H3;1-5,11-13H,6-9H2;8H,5-7H2,1-4H3;7,11H,4-6H2,1-3H3;2*1H/t16-;18-;14-;2*11-;8-;7-;;/m1111100../s1. The van der Waals surface area contributed by atoms with Crippen LogP contribution in [0.5, 0.6) is 5.75 Å². The second-order valence-corrected chi connectivity index (χ2v) is 39.7. The number of hydrogen-bond donors (Lipinski definition) is 7. The molecule has 0 saturated carbocycles. The van der Waals surface area contributed by atoms with Crippen molar-refractivity contribution >= 4 is 76.7 Å². The largest absolute Gasteiger partial charge is 0.495 e. The molecule has 0 radical (unpaired) electrons. The average Bonchev–Trinajstić information content (AvgIpc) is 1.55. The number of aliphatic hydroxyl groups is 1. The number of likely N-dealkylation sites (tertiary alicyclic amines) is 3. The number of aromatic nitrogens is 9. The van der Waals surface area contributed by atoms with Crippen molar-refractivity contribution < 1.29 is 51.0 Å². The highest BCUT2D eigenvalue weighted by Crippen LogP contribution is 2.30. The maximum Gasteiger partial charge on any atom is 0.410 e. The van der Waals surface area contributed by atoms with E-state index in [2.05, 4.69) is 128 Å². The maximum atomic E-state index is 12.5. The van der Waals surface area contributed by atoms with Crippen LogP contribution in [0.2, 0.25) is 0 Å². The molecule has 7 aliphatic rings. The number of carbonyl (C=O) groups excluding carboxylic acids is 3. The number of aliphatic hydroxyl groups excluding tert-OH is 1. The van der Waals surface area contributed by atoms with Crippen LogP contribution >= 0.6 is 24.8 Å². The topological polar surface area (TPSA) is 401 Å². The number of nitrogens with two attached hydrogens (primary N) is 1. The first kappa shape index (κ1) is 112. The van der Waals surface area contributed by atoms with Gasteiger partial charge in [-0.25, -0.2) is 29.3 Å². The van der Waals surface area contributed by atoms with Crippen LogP contribution in [0, 0.1) is 0 Å². The fourth-order valence-electron chi connectivity index (χ4n) is 16.2. The van der Waals surface area contributed by atoms with Gasteiger partial charge in [-0.15, -0.1) is 24.8 Å². The number of rotatable bonds is 20. The number of anilines is 4. The molecule has 140 heavy (non-hydrogen) atoms. The molecule has 13 heterocycles. The van der Waals surface area contributed by atoms with Crippen LogP contribution in [-0.4, -0.2) is 254 Å². The minimum atomic E-state index is -3.47. The zero-order chi connectivity index (χ0) is 99.1. The van der Waals surface area contributed by atoms with E-state index >= 15 is 0 Å². The van der Waals surface area contributed by atoms with Crippen LogP contribution in [0.4, 0.5) is 37.9 Å². The number of hydrogen-bond acceptors (Lipinski definition) is 29. The Hall–Kier alpha value is -12.0. The van der Waals surface area contributed by atoms with E-state index in [-0.39, 0.29) is 78.4 Å². The fraction of sp³-hybridized carbons (Fsp3) is 0.471. The smallest absolute Gasteiger partial charge is 0.410 e. The third kappa shape index (κ3) is 36.3. The summed E-state index contributed by atoms with van der Waals surface area (Å²) >= 11 is 0. The molecule has 17 rings (SSSR count). The number of carbonyl (C=O) groups is 3. The summed E-state index contributed by atoms with van der Waals surface area (Å²) < 4.78 is 52.7. The molecule has 7 fully saturated rings. The molecule has 758 valence electrons. The Morgan fingerprint density at radius 1 is 0.443 bits per heavy atom. The monoisotopic (exact) mass is 1990 g/mol. The third-order valence-corrected chi connectivity index (χ3v) is 23.9. The predicted octanol–water partition coefficient (Wildman–Crippen LogP) is 11.9. The van der Waals surface area contributed by atoms with Crippen LogP contribution in [0.1, 0.15) is 124 Å². The highest BCUT2D eigenvalue weighted by Gasteiger charge is 2.35. The molecule has 38 heteroatoms. The molecule has 10 aromatic rings. The van der Waals surface area contributed by atoms with Crippen LogP contribution in [0.3, 0.4) is 0 Å². The van der Waals surface area contributed by atoms with Gasteiger partial charge in [-0.3, -0.25) is 47.2 Å². The zero-order valence-corrected chi connectivity index (χ0v) is 85.4. The van der Waals surface area contributed by atoms with Crippen molar-refractivity contribution in [3.05, 3.63) is 255 Å². The molecule has 0 aliphatic carbocycles. The minimum Gasteiger partial charge on any atom is -0.495 e. The number of nitrogens with zero attached hydrogens (tertiary/aromatic N) is 15. The summed E-state index contributed by atoms with van der Waals surface area (Å²) in [5.74, 6) is 2.91. The number of β-amino-alcohol motifs (C(OH)–C–C–N with tert-alkyl or cyclic N) is 1. The normalized spacial score (nSPS) is 18.7. The van der Waals surface area contributed by atoms with Gasteiger partial charge in [0.15, 0.2) is 0 Å². The SMILES string of the molecule is CC(C)(C)OC(=O)N1CC[C@@H](NCc2ccccc2)C1.CC(C)(C)OC(=O)N1CC[C@H](O)C1.CC(C)(C)OC(=O)N1CC[C@H](OS(C)(=O)=O)C1.COc1ccccc1N[C@@H]1CCN(c2nc(-c3ccncc3)cc(=O)n2C)C1.Cl.Cl.Cn1c(N2CC[C@@H](N)C2)nc(-c2ccncc2)cc1=O.Cn1c(N2CC[C@@H](NCc3ccccc3)C2)nc(-c2ccncc2)cc1=O.c1ccc(CN[C@@H]2CCNC2)cc1. The summed E-state index contributed by atoms with van der Waals surface area (Å²) in [5, 5.41) is 26.7. The highest BCUT2D eigenvalue weighted by molar-refractivity contribution is 7.86. The van der Waals surface area contributed by atoms with Crippen molar-refractivity contribution in [2.45, 2.75) is 186 Å². The predicted molar refractivity (Wildman–Crippen MR) is 553 cm³/mol. The van der Waals surface area contributed by atoms with Gasteiger partial charge in [0.25, 0.3) is 26.8 Å². The summed E-state index contributed by atoms with van der Waals surface area (Å²) in [6, 6.07) is 56.8. The number of halogens is 2. The zero-order valence-electron chi connectivity index (χ0n) is 82.9. The summed E-state index contributed by atoms with van der Waals surface area (Å²) in [6.07, 6.45) is 15.7. The van der Waals surface area contributed by atoms with Gasteiger partial charge in [0, 0.05) is 222 Å². The third-order valence-electron chi connectivity index (χ3n) is 23.3. The number of benzene rings is 4. The average molecular weight is 1990 g/mol. The quantitative estimate of drug-likeness (QED) is 0.0275. The number of methoxy groups -OCH3 is 1. The van der Waals surface area contributed by atoms with Gasteiger partial charge in [-0.05, 0) is 179 Å². The van der Waals surface area contributed by atoms with Crippen molar-refractivity contribution in [1.82, 2.24) is 79.6 Å². The Labute approximate surface area is 834 Å². The Kier molecular flexibility index (Phi) is 42.7. The van der Waals surface area contributed by atoms with E-state index in [4.69, 9.17) is 38.8 Å². The van der Waals surface area contributed by atoms with Gasteiger partial charge in [-0.2, -0.15) is 8.42 Å². The Bertz CT molecular complexity index is 5810. The molecule has 6 aromatic heterocycles. The molecular weight excluding hydrogens is 1850 g/mol. The summed E-state index contributed by atoms with van der Waals surface area (Å²) in [7, 11) is 3.49. The van der Waals surface area contributed by atoms with E-state index in [9.17, 15) is 42.3 Å². The lowest BCUT2D eigenvalue weighted by molar-refractivity contribution is 0.0263. The summed E-state index contributed by atoms with van der Waals surface area (Å²) in [4.78, 5) is 110. The second-order valence-electron chi connectivity index (χ2n) is 38.1. The van der Waals surface area contributed by atoms with Crippen LogP contribution in [0.15, 0.2) is 221 Å². The number of amides is 3. The number of nitrogens with one attached hydrogen (secondary N) is 5. The molecular formula is C102H141Cl2N21O14S. The van der Waals surface area contributed by atoms with Gasteiger partial charge >= 0.3 is 18.3 Å². The van der Waals surface area contributed by atoms with Crippen LogP contribution < -0.4 is 68.4 Å². The van der Waals surface area contributed by atoms with E-state index in [1.807, 2.05) is 126 Å². The summed E-state index contributed by atoms with van der Waals surface area (Å²) in [5.41, 5.74) is 13.9. The molecule has 0 spiro atoms. The number of para-hydroxylation sites is 2. The first-order valence-electron chi connectivity index (χ1n) is 47.2. The first-order valence-corrected chi connectivity index (χ1v) is 49.0. The fourth-order valence-corrected chi connectivity index (χ4v) is 16.8. The van der Waals surface area contributed by atoms with Crippen molar-refractivity contribution in [3.8, 4) is 39.5 Å². The minimum absolute atomic E-state index is 0. The van der Waals surface area contributed by atoms with E-state index in [0.29, 0.717) is 79.6 Å². The van der Waals surface area contributed by atoms with Gasteiger partial charge in [0.2, 0.25) is 17.8 Å². The van der Waals surface area contributed by atoms with Crippen LogP contribution in [0.25, 0.3) is 33.8 Å². The van der Waals surface area contributed by atoms with E-state index in [0.717, 1.165) is 151 Å². The molecule has 4 aromatic carbocycles. The second kappa shape index (κ2) is 53.6. The Morgan fingerprint density at radius 3 is 1.19 bits per heavy atom. The lowest BCUT2D eigenvalue weighted by Gasteiger charge is -2.24. The Morgan fingerprint density at radius 2 is 0.800 bits per heavy atom. The molecule has 7 aliphatic heterocycles. The molecule has 3 amide bonds. The van der Waals surface area contributed by atoms with Gasteiger partial charge in [0.05, 0.1) is 54.9 Å². The van der Waals surface area contributed by atoms with Crippen molar-refractivity contribution in [2.75, 3.05) is 125 Å². The first-order chi connectivity index (χ1) is 65.8. The van der Waals surface area contributed by atoms with Crippen molar-refractivity contribution in [2.24, 2.45) is 26.9 Å². The van der Waals surface area contributed by atoms with Gasteiger partial charge in [-0.1, -0.05) is 103 Å². The summed E-state index contributed by atoms with van der Waals surface area (Å²) in [6.45, 7) is 29.6. The van der Waals surface area contributed by atoms with Crippen molar-refractivity contribution in [1.29, 1.82) is 0 Å².